The summed E-state index contributed by atoms with van der Waals surface area (Å²) in [5.74, 6) is -0.0651. The van der Waals surface area contributed by atoms with Crippen molar-refractivity contribution in [1.82, 2.24) is 10.3 Å². The van der Waals surface area contributed by atoms with Gasteiger partial charge in [-0.2, -0.15) is 0 Å². The third-order valence-corrected chi connectivity index (χ3v) is 2.07. The first-order valence-electron chi connectivity index (χ1n) is 5.01. The summed E-state index contributed by atoms with van der Waals surface area (Å²) in [6.07, 6.45) is 2.12. The van der Waals surface area contributed by atoms with Crippen LogP contribution in [0.1, 0.15) is 44.1 Å². The Morgan fingerprint density at radius 3 is 2.79 bits per heavy atom. The lowest BCUT2D eigenvalue weighted by atomic mass is 10.3. The van der Waals surface area contributed by atoms with Gasteiger partial charge in [0.05, 0.1) is 5.51 Å². The maximum Gasteiger partial charge on any atom is 0.270 e. The van der Waals surface area contributed by atoms with Crippen molar-refractivity contribution >= 4 is 17.2 Å². The smallest absolute Gasteiger partial charge is 0.270 e. The number of carbonyl (C=O) groups excluding carboxylic acids is 1. The van der Waals surface area contributed by atoms with Gasteiger partial charge in [0.25, 0.3) is 5.91 Å². The van der Waals surface area contributed by atoms with Crippen molar-refractivity contribution in [3.63, 3.8) is 0 Å². The normalized spacial score (nSPS) is 8.79. The van der Waals surface area contributed by atoms with Crippen LogP contribution in [0.4, 0.5) is 0 Å². The van der Waals surface area contributed by atoms with Crippen LogP contribution in [0.5, 0.6) is 0 Å². The maximum absolute atomic E-state index is 11.2. The van der Waals surface area contributed by atoms with Gasteiger partial charge in [0.2, 0.25) is 0 Å². The summed E-state index contributed by atoms with van der Waals surface area (Å²) in [6, 6.07) is 0. The molecule has 0 saturated carbocycles. The van der Waals surface area contributed by atoms with E-state index in [9.17, 15) is 4.79 Å². The van der Waals surface area contributed by atoms with Crippen LogP contribution in [0.15, 0.2) is 10.9 Å². The van der Waals surface area contributed by atoms with E-state index in [4.69, 9.17) is 0 Å². The third-order valence-electron chi connectivity index (χ3n) is 1.48. The molecule has 0 spiro atoms. The Balaban J connectivity index is 0.000000791. The Labute approximate surface area is 89.6 Å². The summed E-state index contributed by atoms with van der Waals surface area (Å²) in [6.45, 7) is 6.84. The van der Waals surface area contributed by atoms with Crippen molar-refractivity contribution in [2.75, 3.05) is 6.54 Å². The number of unbranched alkanes of at least 4 members (excludes halogenated alkanes) is 1. The first-order chi connectivity index (χ1) is 6.84. The molecule has 1 rings (SSSR count). The van der Waals surface area contributed by atoms with Gasteiger partial charge < -0.3 is 5.32 Å². The predicted octanol–water partition coefficient (Wildman–Crippen LogP) is 2.70. The molecule has 14 heavy (non-hydrogen) atoms. The van der Waals surface area contributed by atoms with E-state index in [1.54, 1.807) is 10.9 Å². The number of nitrogens with one attached hydrogen (secondary N) is 1. The van der Waals surface area contributed by atoms with Crippen LogP contribution in [0.3, 0.4) is 0 Å². The van der Waals surface area contributed by atoms with E-state index in [2.05, 4.69) is 17.2 Å². The fourth-order valence-corrected chi connectivity index (χ4v) is 1.33. The fourth-order valence-electron chi connectivity index (χ4n) is 0.794. The number of thiazole rings is 1. The fraction of sp³-hybridized carbons (Fsp3) is 0.600. The summed E-state index contributed by atoms with van der Waals surface area (Å²) in [4.78, 5) is 15.1. The lowest BCUT2D eigenvalue weighted by Gasteiger charge is -1.99. The average Bonchev–Trinajstić information content (AvgIpc) is 2.74. The molecule has 1 heterocycles. The molecule has 80 valence electrons. The quantitative estimate of drug-likeness (QED) is 0.783. The molecular weight excluding hydrogens is 196 g/mol. The van der Waals surface area contributed by atoms with Gasteiger partial charge in [0, 0.05) is 11.9 Å². The largest absolute Gasteiger partial charge is 0.351 e. The van der Waals surface area contributed by atoms with Gasteiger partial charge in [-0.3, -0.25) is 4.79 Å². The van der Waals surface area contributed by atoms with Gasteiger partial charge in [0.15, 0.2) is 0 Å². The minimum atomic E-state index is -0.0651. The van der Waals surface area contributed by atoms with E-state index in [0.29, 0.717) is 5.69 Å². The molecule has 0 bridgehead atoms. The zero-order chi connectivity index (χ0) is 10.8. The van der Waals surface area contributed by atoms with Gasteiger partial charge in [-0.1, -0.05) is 27.2 Å². The number of nitrogens with zero attached hydrogens (tertiary/aromatic N) is 1. The third kappa shape index (κ3) is 4.97. The molecule has 0 aliphatic carbocycles. The monoisotopic (exact) mass is 214 g/mol. The van der Waals surface area contributed by atoms with E-state index >= 15 is 0 Å². The molecule has 1 aromatic rings. The number of hydrogen-bond acceptors (Lipinski definition) is 3. The Morgan fingerprint density at radius 1 is 1.57 bits per heavy atom. The molecule has 0 atom stereocenters. The minimum Gasteiger partial charge on any atom is -0.351 e. The molecule has 1 amide bonds. The molecule has 0 fully saturated rings. The molecule has 0 aliphatic rings. The molecule has 1 N–H and O–H groups in total. The van der Waals surface area contributed by atoms with Gasteiger partial charge in [-0.05, 0) is 6.42 Å². The highest BCUT2D eigenvalue weighted by Gasteiger charge is 2.04. The highest BCUT2D eigenvalue weighted by Crippen LogP contribution is 1.99. The van der Waals surface area contributed by atoms with Crippen LogP contribution in [-0.4, -0.2) is 17.4 Å². The van der Waals surface area contributed by atoms with Crippen molar-refractivity contribution in [1.29, 1.82) is 0 Å². The highest BCUT2D eigenvalue weighted by atomic mass is 32.1. The Morgan fingerprint density at radius 2 is 2.29 bits per heavy atom. The van der Waals surface area contributed by atoms with Crippen LogP contribution in [-0.2, 0) is 0 Å². The number of hydrogen-bond donors (Lipinski definition) is 1. The number of rotatable bonds is 4. The molecule has 1 aromatic heterocycles. The lowest BCUT2D eigenvalue weighted by molar-refractivity contribution is 0.0949. The van der Waals surface area contributed by atoms with E-state index < -0.39 is 0 Å². The van der Waals surface area contributed by atoms with Gasteiger partial charge >= 0.3 is 0 Å². The first kappa shape index (κ1) is 13.1. The second-order valence-corrected chi connectivity index (χ2v) is 3.20. The molecule has 0 radical (unpaired) electrons. The van der Waals surface area contributed by atoms with E-state index in [1.807, 2.05) is 13.8 Å². The lowest BCUT2D eigenvalue weighted by Crippen LogP contribution is -2.24. The number of carbonyl (C=O) groups is 1. The molecule has 3 nitrogen and oxygen atoms in total. The van der Waals surface area contributed by atoms with Crippen molar-refractivity contribution in [3.8, 4) is 0 Å². The van der Waals surface area contributed by atoms with Crippen LogP contribution in [0, 0.1) is 0 Å². The molecule has 0 saturated heterocycles. The zero-order valence-electron chi connectivity index (χ0n) is 9.04. The average molecular weight is 214 g/mol. The molecule has 4 heteroatoms. The molecule has 0 aliphatic heterocycles. The van der Waals surface area contributed by atoms with Crippen molar-refractivity contribution in [2.45, 2.75) is 33.6 Å². The summed E-state index contributed by atoms with van der Waals surface area (Å²) < 4.78 is 0. The zero-order valence-corrected chi connectivity index (χ0v) is 9.86. The summed E-state index contributed by atoms with van der Waals surface area (Å²) in [5.41, 5.74) is 2.19. The summed E-state index contributed by atoms with van der Waals surface area (Å²) >= 11 is 1.44. The molecule has 0 unspecified atom stereocenters. The van der Waals surface area contributed by atoms with E-state index in [-0.39, 0.29) is 5.91 Å². The Bertz CT molecular complexity index is 234. The minimum absolute atomic E-state index is 0.0651. The van der Waals surface area contributed by atoms with Crippen molar-refractivity contribution in [3.05, 3.63) is 16.6 Å². The maximum atomic E-state index is 11.2. The SMILES string of the molecule is CC.CCCCNC(=O)c1cscn1. The summed E-state index contributed by atoms with van der Waals surface area (Å²) in [7, 11) is 0. The van der Waals surface area contributed by atoms with E-state index in [1.165, 1.54) is 11.3 Å². The highest BCUT2D eigenvalue weighted by molar-refractivity contribution is 7.07. The topological polar surface area (TPSA) is 42.0 Å². The molecule has 0 aromatic carbocycles. The van der Waals surface area contributed by atoms with Crippen molar-refractivity contribution < 1.29 is 4.79 Å². The predicted molar refractivity (Wildman–Crippen MR) is 60.7 cm³/mol. The second-order valence-electron chi connectivity index (χ2n) is 2.48. The van der Waals surface area contributed by atoms with Gasteiger partial charge in [0.1, 0.15) is 5.69 Å². The second kappa shape index (κ2) is 8.69. The standard InChI is InChI=1S/C8H12N2OS.C2H6/c1-2-3-4-9-8(11)7-5-12-6-10-7;1-2/h5-6H,2-4H2,1H3,(H,9,11);1-2H3. The first-order valence-corrected chi connectivity index (χ1v) is 5.95. The van der Waals surface area contributed by atoms with E-state index in [0.717, 1.165) is 19.4 Å². The van der Waals surface area contributed by atoms with Gasteiger partial charge in [-0.15, -0.1) is 11.3 Å². The van der Waals surface area contributed by atoms with Crippen LogP contribution >= 0.6 is 11.3 Å². The van der Waals surface area contributed by atoms with Crippen LogP contribution < -0.4 is 5.32 Å². The number of amides is 1. The van der Waals surface area contributed by atoms with Gasteiger partial charge in [-0.25, -0.2) is 4.98 Å². The Hall–Kier alpha value is -0.900. The van der Waals surface area contributed by atoms with Crippen molar-refractivity contribution in [2.24, 2.45) is 0 Å². The van der Waals surface area contributed by atoms with Crippen LogP contribution in [0.2, 0.25) is 0 Å². The van der Waals surface area contributed by atoms with Crippen LogP contribution in [0.25, 0.3) is 0 Å². The Kier molecular flexibility index (Phi) is 8.13. The summed E-state index contributed by atoms with van der Waals surface area (Å²) in [5, 5.41) is 4.54. The number of aromatic nitrogens is 1. The molecular formula is C10H18N2OS.